The summed E-state index contributed by atoms with van der Waals surface area (Å²) in [6, 6.07) is 10.6. The average molecular weight is 358 g/mol. The molecule has 1 aliphatic heterocycles. The Balaban J connectivity index is 2.16. The van der Waals surface area contributed by atoms with Gasteiger partial charge in [0.25, 0.3) is 0 Å². The number of imide groups is 1. The van der Waals surface area contributed by atoms with Gasteiger partial charge in [0, 0.05) is 42.3 Å². The topological polar surface area (TPSA) is 84.9 Å². The molecule has 0 fully saturated rings. The molecule has 3 N–H and O–H groups in total. The number of carboxylic acid groups (broad SMARTS) is 1. The highest BCUT2D eigenvalue weighted by Crippen LogP contribution is 2.50. The fourth-order valence-electron chi connectivity index (χ4n) is 2.56. The summed E-state index contributed by atoms with van der Waals surface area (Å²) >= 11 is 1.54. The Hall–Kier alpha value is -2.87. The molecule has 130 valence electrons. The zero-order valence-corrected chi connectivity index (χ0v) is 14.8. The highest BCUT2D eigenvalue weighted by atomic mass is 32.2. The minimum Gasteiger partial charge on any atom is -0.465 e. The summed E-state index contributed by atoms with van der Waals surface area (Å²) in [5.74, 6) is 0. The van der Waals surface area contributed by atoms with E-state index in [0.717, 1.165) is 21.2 Å². The van der Waals surface area contributed by atoms with E-state index in [-0.39, 0.29) is 0 Å². The molecule has 1 heterocycles. The van der Waals surface area contributed by atoms with Crippen molar-refractivity contribution in [1.29, 1.82) is 0 Å². The maximum Gasteiger partial charge on any atom is 0.415 e. The number of hydrogen-bond donors (Lipinski definition) is 3. The zero-order chi connectivity index (χ0) is 18.1. The van der Waals surface area contributed by atoms with Crippen LogP contribution in [-0.2, 0) is 0 Å². The van der Waals surface area contributed by atoms with Crippen LogP contribution < -0.4 is 15.5 Å². The molecule has 0 saturated carbocycles. The first kappa shape index (κ1) is 17.0. The monoisotopic (exact) mass is 358 g/mol. The molecule has 0 saturated heterocycles. The van der Waals surface area contributed by atoms with E-state index in [2.05, 4.69) is 10.6 Å². The molecule has 2 aromatic rings. The van der Waals surface area contributed by atoms with E-state index in [0.29, 0.717) is 16.3 Å². The van der Waals surface area contributed by atoms with Gasteiger partial charge >= 0.3 is 12.1 Å². The van der Waals surface area contributed by atoms with Crippen LogP contribution in [0.4, 0.5) is 32.3 Å². The maximum absolute atomic E-state index is 12.8. The molecule has 0 unspecified atom stereocenters. The second kappa shape index (κ2) is 6.56. The summed E-state index contributed by atoms with van der Waals surface area (Å²) in [7, 11) is 4.89. The number of anilines is 4. The second-order valence-electron chi connectivity index (χ2n) is 5.43. The third-order valence-electron chi connectivity index (χ3n) is 3.96. The van der Waals surface area contributed by atoms with E-state index in [4.69, 9.17) is 0 Å². The number of amides is 3. The molecule has 3 amide bonds. The highest BCUT2D eigenvalue weighted by Gasteiger charge is 2.32. The number of hydrogen-bond acceptors (Lipinski definition) is 5. The lowest BCUT2D eigenvalue weighted by atomic mass is 10.2. The number of rotatable bonds is 2. The van der Waals surface area contributed by atoms with E-state index >= 15 is 0 Å². The van der Waals surface area contributed by atoms with Gasteiger partial charge in [-0.1, -0.05) is 11.8 Å². The van der Waals surface area contributed by atoms with Crippen LogP contribution >= 0.6 is 11.8 Å². The van der Waals surface area contributed by atoms with Gasteiger partial charge in [0.15, 0.2) is 0 Å². The van der Waals surface area contributed by atoms with Crippen LogP contribution in [-0.4, -0.2) is 43.3 Å². The van der Waals surface area contributed by atoms with Gasteiger partial charge in [-0.05, 0) is 36.4 Å². The zero-order valence-electron chi connectivity index (χ0n) is 14.0. The molecular formula is C17H18N4O3S. The standard InChI is InChI=1S/C17H18N4O3S/c1-18-10-4-6-12-14(8-10)25-15-9-11(19-2)5-7-13(15)21(12)16(22)20(3)17(23)24/h4-9,18-19H,1-3H3,(H,23,24). The Kier molecular flexibility index (Phi) is 4.45. The predicted molar refractivity (Wildman–Crippen MR) is 99.4 cm³/mol. The van der Waals surface area contributed by atoms with Crippen molar-refractivity contribution < 1.29 is 14.7 Å². The van der Waals surface area contributed by atoms with Crippen molar-refractivity contribution in [2.45, 2.75) is 9.79 Å². The van der Waals surface area contributed by atoms with Crippen molar-refractivity contribution >= 4 is 46.6 Å². The first-order valence-electron chi connectivity index (χ1n) is 7.58. The normalized spacial score (nSPS) is 12.0. The van der Waals surface area contributed by atoms with Gasteiger partial charge < -0.3 is 15.7 Å². The number of nitrogens with one attached hydrogen (secondary N) is 2. The molecule has 0 aliphatic carbocycles. The van der Waals surface area contributed by atoms with Gasteiger partial charge in [-0.15, -0.1) is 0 Å². The summed E-state index contributed by atoms with van der Waals surface area (Å²) in [4.78, 5) is 27.9. The van der Waals surface area contributed by atoms with Crippen LogP contribution in [0.15, 0.2) is 46.2 Å². The molecule has 0 atom stereocenters. The van der Waals surface area contributed by atoms with Crippen LogP contribution in [0, 0.1) is 0 Å². The Morgan fingerprint density at radius 1 is 1.00 bits per heavy atom. The summed E-state index contributed by atoms with van der Waals surface area (Å²) < 4.78 is 0. The van der Waals surface area contributed by atoms with Gasteiger partial charge in [-0.2, -0.15) is 0 Å². The molecular weight excluding hydrogens is 340 g/mol. The van der Waals surface area contributed by atoms with Crippen LogP contribution in [0.3, 0.4) is 0 Å². The third kappa shape index (κ3) is 2.96. The largest absolute Gasteiger partial charge is 0.465 e. The minimum absolute atomic E-state index is 0.621. The molecule has 3 rings (SSSR count). The summed E-state index contributed by atoms with van der Waals surface area (Å²) in [5, 5.41) is 15.3. The Bertz CT molecular complexity index is 802. The number of carbonyl (C=O) groups excluding carboxylic acids is 1. The SMILES string of the molecule is CNc1ccc2c(c1)Sc1cc(NC)ccc1N2C(=O)N(C)C(=O)O. The average Bonchev–Trinajstić information content (AvgIpc) is 2.63. The van der Waals surface area contributed by atoms with E-state index in [1.165, 1.54) is 11.9 Å². The molecule has 0 radical (unpaired) electrons. The number of fused-ring (bicyclic) bond motifs is 2. The van der Waals surface area contributed by atoms with E-state index in [9.17, 15) is 14.7 Å². The molecule has 0 spiro atoms. The molecule has 0 aromatic heterocycles. The Morgan fingerprint density at radius 3 is 1.88 bits per heavy atom. The Labute approximate surface area is 149 Å². The van der Waals surface area contributed by atoms with E-state index < -0.39 is 12.1 Å². The molecule has 0 bridgehead atoms. The molecule has 1 aliphatic rings. The summed E-state index contributed by atoms with van der Waals surface area (Å²) in [6.45, 7) is 0. The van der Waals surface area contributed by atoms with Crippen molar-refractivity contribution in [3.05, 3.63) is 36.4 Å². The van der Waals surface area contributed by atoms with Crippen molar-refractivity contribution in [2.24, 2.45) is 0 Å². The van der Waals surface area contributed by atoms with Crippen LogP contribution in [0.25, 0.3) is 0 Å². The van der Waals surface area contributed by atoms with Crippen LogP contribution in [0.2, 0.25) is 0 Å². The lowest BCUT2D eigenvalue weighted by Gasteiger charge is -2.33. The molecule has 8 heteroatoms. The second-order valence-corrected chi connectivity index (χ2v) is 6.51. The van der Waals surface area contributed by atoms with Crippen molar-refractivity contribution in [1.82, 2.24) is 4.90 Å². The molecule has 7 nitrogen and oxygen atoms in total. The van der Waals surface area contributed by atoms with Crippen molar-refractivity contribution in [2.75, 3.05) is 36.7 Å². The highest BCUT2D eigenvalue weighted by molar-refractivity contribution is 7.99. The van der Waals surface area contributed by atoms with Gasteiger partial charge in [-0.25, -0.2) is 14.5 Å². The van der Waals surface area contributed by atoms with Crippen LogP contribution in [0.5, 0.6) is 0 Å². The van der Waals surface area contributed by atoms with Crippen molar-refractivity contribution in [3.8, 4) is 0 Å². The van der Waals surface area contributed by atoms with Crippen molar-refractivity contribution in [3.63, 3.8) is 0 Å². The maximum atomic E-state index is 12.8. The first-order chi connectivity index (χ1) is 12.0. The smallest absolute Gasteiger partial charge is 0.415 e. The fourth-order valence-corrected chi connectivity index (χ4v) is 3.69. The minimum atomic E-state index is -1.30. The van der Waals surface area contributed by atoms with E-state index in [1.54, 1.807) is 11.8 Å². The van der Waals surface area contributed by atoms with Gasteiger partial charge in [0.2, 0.25) is 0 Å². The molecule has 2 aromatic carbocycles. The first-order valence-corrected chi connectivity index (χ1v) is 8.40. The van der Waals surface area contributed by atoms with Gasteiger partial charge in [0.05, 0.1) is 11.4 Å². The Morgan fingerprint density at radius 2 is 1.48 bits per heavy atom. The lowest BCUT2D eigenvalue weighted by molar-refractivity contribution is 0.159. The van der Waals surface area contributed by atoms with Crippen LogP contribution in [0.1, 0.15) is 0 Å². The number of nitrogens with zero attached hydrogens (tertiary/aromatic N) is 2. The van der Waals surface area contributed by atoms with Gasteiger partial charge in [-0.3, -0.25) is 4.90 Å². The fraction of sp³-hybridized carbons (Fsp3) is 0.176. The number of carbonyl (C=O) groups is 2. The number of benzene rings is 2. The third-order valence-corrected chi connectivity index (χ3v) is 5.06. The van der Waals surface area contributed by atoms with E-state index in [1.807, 2.05) is 50.5 Å². The summed E-state index contributed by atoms with van der Waals surface area (Å²) in [6.07, 6.45) is -1.30. The predicted octanol–water partition coefficient (Wildman–Crippen LogP) is 4.10. The summed E-state index contributed by atoms with van der Waals surface area (Å²) in [5.41, 5.74) is 3.15. The van der Waals surface area contributed by atoms with Gasteiger partial charge in [0.1, 0.15) is 0 Å². The number of urea groups is 1. The molecule has 25 heavy (non-hydrogen) atoms. The quantitative estimate of drug-likeness (QED) is 0.749. The lowest BCUT2D eigenvalue weighted by Crippen LogP contribution is -2.42.